The molecule has 1 amide bonds. The van der Waals surface area contributed by atoms with E-state index >= 15 is 0 Å². The zero-order valence-corrected chi connectivity index (χ0v) is 15.0. The van der Waals surface area contributed by atoms with Gasteiger partial charge in [0.15, 0.2) is 11.6 Å². The van der Waals surface area contributed by atoms with Crippen molar-refractivity contribution < 1.29 is 9.32 Å². The van der Waals surface area contributed by atoms with E-state index in [1.807, 2.05) is 10.8 Å². The van der Waals surface area contributed by atoms with Crippen molar-refractivity contribution in [3.63, 3.8) is 0 Å². The number of allylic oxidation sites excluding steroid dienone is 3. The predicted octanol–water partition coefficient (Wildman–Crippen LogP) is 3.20. The monoisotopic (exact) mass is 351 g/mol. The van der Waals surface area contributed by atoms with Crippen molar-refractivity contribution in [3.05, 3.63) is 58.9 Å². The van der Waals surface area contributed by atoms with Crippen LogP contribution in [-0.4, -0.2) is 26.8 Å². The lowest BCUT2D eigenvalue weighted by molar-refractivity contribution is 0.102. The summed E-state index contributed by atoms with van der Waals surface area (Å²) in [6.07, 6.45) is 13.4. The number of fused-ring (bicyclic) bond motifs is 1. The molecule has 7 heteroatoms. The lowest BCUT2D eigenvalue weighted by Gasteiger charge is -2.29. The van der Waals surface area contributed by atoms with Crippen molar-refractivity contribution >= 4 is 17.8 Å². The molecule has 0 fully saturated rings. The molecule has 26 heavy (non-hydrogen) atoms. The number of aryl methyl sites for hydroxylation is 2. The Morgan fingerprint density at radius 2 is 2.19 bits per heavy atom. The first kappa shape index (κ1) is 16.4. The van der Waals surface area contributed by atoms with E-state index in [1.54, 1.807) is 20.0 Å². The van der Waals surface area contributed by atoms with Crippen LogP contribution in [0.5, 0.6) is 0 Å². The van der Waals surface area contributed by atoms with Crippen LogP contribution >= 0.6 is 0 Å². The van der Waals surface area contributed by atoms with Crippen LogP contribution in [0.25, 0.3) is 6.08 Å². The molecule has 2 atom stereocenters. The number of hydrogen-bond acceptors (Lipinski definition) is 5. The lowest BCUT2D eigenvalue weighted by atomic mass is 9.88. The van der Waals surface area contributed by atoms with Gasteiger partial charge < -0.3 is 15.3 Å². The summed E-state index contributed by atoms with van der Waals surface area (Å²) in [5.74, 6) is 1.86. The molecule has 0 bridgehead atoms. The summed E-state index contributed by atoms with van der Waals surface area (Å²) in [5.41, 5.74) is 5.83. The van der Waals surface area contributed by atoms with Crippen molar-refractivity contribution in [3.8, 4) is 0 Å². The smallest absolute Gasteiger partial charge is 0.262 e. The van der Waals surface area contributed by atoms with E-state index in [0.29, 0.717) is 28.8 Å². The molecule has 1 aliphatic carbocycles. The summed E-state index contributed by atoms with van der Waals surface area (Å²) in [6.45, 7) is 5.61. The molecular weight excluding hydrogens is 330 g/mol. The van der Waals surface area contributed by atoms with Crippen LogP contribution in [-0.2, 0) is 0 Å². The van der Waals surface area contributed by atoms with Crippen molar-refractivity contribution in [2.45, 2.75) is 33.2 Å². The minimum Gasteiger partial charge on any atom is -0.361 e. The highest BCUT2D eigenvalue weighted by molar-refractivity contribution is 6.05. The van der Waals surface area contributed by atoms with Crippen LogP contribution in [0.1, 0.15) is 41.0 Å². The second-order valence-corrected chi connectivity index (χ2v) is 6.79. The Labute approximate surface area is 151 Å². The molecule has 7 nitrogen and oxygen atoms in total. The summed E-state index contributed by atoms with van der Waals surface area (Å²) < 4.78 is 6.91. The number of carbonyl (C=O) groups excluding carboxylic acids is 1. The van der Waals surface area contributed by atoms with E-state index in [9.17, 15) is 4.79 Å². The topological polar surface area (TPSA) is 85.0 Å². The molecule has 0 spiro atoms. The third-order valence-electron chi connectivity index (χ3n) is 4.73. The Kier molecular flexibility index (Phi) is 3.99. The highest BCUT2D eigenvalue weighted by atomic mass is 16.5. The largest absolute Gasteiger partial charge is 0.361 e. The second kappa shape index (κ2) is 6.33. The Bertz CT molecular complexity index is 928. The number of rotatable bonds is 3. The maximum Gasteiger partial charge on any atom is 0.262 e. The zero-order valence-electron chi connectivity index (χ0n) is 15.0. The van der Waals surface area contributed by atoms with E-state index in [-0.39, 0.29) is 11.9 Å². The number of nitrogens with one attached hydrogen (secondary N) is 2. The van der Waals surface area contributed by atoms with Crippen LogP contribution in [0, 0.1) is 19.8 Å². The van der Waals surface area contributed by atoms with Crippen molar-refractivity contribution in [1.82, 2.24) is 14.8 Å². The molecule has 0 saturated carbocycles. The fourth-order valence-electron chi connectivity index (χ4n) is 3.41. The molecule has 2 aliphatic rings. The summed E-state index contributed by atoms with van der Waals surface area (Å²) >= 11 is 0. The Balaban J connectivity index is 1.49. The minimum absolute atomic E-state index is 0.183. The average Bonchev–Trinajstić information content (AvgIpc) is 3.16. The fraction of sp³-hybridized carbons (Fsp3) is 0.316. The second-order valence-electron chi connectivity index (χ2n) is 6.79. The predicted molar refractivity (Wildman–Crippen MR) is 99.3 cm³/mol. The van der Waals surface area contributed by atoms with Crippen LogP contribution in [0.4, 0.5) is 5.82 Å². The molecule has 2 aromatic heterocycles. The van der Waals surface area contributed by atoms with Gasteiger partial charge in [0.05, 0.1) is 17.9 Å². The van der Waals surface area contributed by atoms with Gasteiger partial charge in [-0.3, -0.25) is 4.79 Å². The molecule has 134 valence electrons. The number of amides is 1. The molecule has 0 saturated heterocycles. The fourth-order valence-corrected chi connectivity index (χ4v) is 3.41. The number of nitrogens with zero attached hydrogens (tertiary/aromatic N) is 3. The third-order valence-corrected chi connectivity index (χ3v) is 4.73. The van der Waals surface area contributed by atoms with Gasteiger partial charge in [-0.15, -0.1) is 0 Å². The first-order valence-corrected chi connectivity index (χ1v) is 8.63. The maximum atomic E-state index is 12.5. The van der Waals surface area contributed by atoms with E-state index in [2.05, 4.69) is 52.1 Å². The number of hydrogen-bond donors (Lipinski definition) is 2. The van der Waals surface area contributed by atoms with Crippen LogP contribution in [0.2, 0.25) is 0 Å². The summed E-state index contributed by atoms with van der Waals surface area (Å²) in [6, 6.07) is 0.183. The summed E-state index contributed by atoms with van der Waals surface area (Å²) in [7, 11) is 0. The first-order valence-electron chi connectivity index (χ1n) is 8.63. The van der Waals surface area contributed by atoms with Gasteiger partial charge in [-0.25, -0.2) is 9.66 Å². The van der Waals surface area contributed by atoms with Crippen molar-refractivity contribution in [2.24, 2.45) is 5.92 Å². The van der Waals surface area contributed by atoms with Crippen molar-refractivity contribution in [1.29, 1.82) is 0 Å². The third kappa shape index (κ3) is 2.96. The standard InChI is InChI=1S/C19H21N5O2/c1-11-5-4-6-14(9-11)15-7-8-17-20-16(10-24(17)22-15)21-19(25)18-12(2)23-26-13(18)3/h4-8,10,14-15,22H,9H2,1-3H3,(H,21,25). The van der Waals surface area contributed by atoms with E-state index in [0.717, 1.165) is 12.2 Å². The van der Waals surface area contributed by atoms with Crippen LogP contribution in [0.15, 0.2) is 40.6 Å². The van der Waals surface area contributed by atoms with Gasteiger partial charge in [-0.2, -0.15) is 0 Å². The molecule has 3 heterocycles. The van der Waals surface area contributed by atoms with Crippen molar-refractivity contribution in [2.75, 3.05) is 10.7 Å². The molecule has 4 rings (SSSR count). The minimum atomic E-state index is -0.270. The van der Waals surface area contributed by atoms with Gasteiger partial charge in [0.1, 0.15) is 11.3 Å². The number of aromatic nitrogens is 3. The Morgan fingerprint density at radius 3 is 2.92 bits per heavy atom. The van der Waals surface area contributed by atoms with Crippen LogP contribution < -0.4 is 10.7 Å². The highest BCUT2D eigenvalue weighted by Crippen LogP contribution is 2.26. The van der Waals surface area contributed by atoms with Gasteiger partial charge >= 0.3 is 0 Å². The van der Waals surface area contributed by atoms with Gasteiger partial charge in [-0.1, -0.05) is 35.0 Å². The van der Waals surface area contributed by atoms with E-state index < -0.39 is 0 Å². The normalized spacial score (nSPS) is 21.1. The summed E-state index contributed by atoms with van der Waals surface area (Å²) in [5, 5.41) is 6.63. The van der Waals surface area contributed by atoms with E-state index in [4.69, 9.17) is 4.52 Å². The molecule has 2 unspecified atom stereocenters. The molecule has 0 radical (unpaired) electrons. The number of imidazole rings is 1. The number of carbonyl (C=O) groups is 1. The highest BCUT2D eigenvalue weighted by Gasteiger charge is 2.24. The van der Waals surface area contributed by atoms with E-state index in [1.165, 1.54) is 5.57 Å². The maximum absolute atomic E-state index is 12.5. The SMILES string of the molecule is CC1=CC=CC(C2C=Cc3nc(NC(=O)c4c(C)noc4C)cn3N2)C1. The molecule has 2 N–H and O–H groups in total. The Morgan fingerprint density at radius 1 is 1.35 bits per heavy atom. The van der Waals surface area contributed by atoms with Gasteiger partial charge in [0.25, 0.3) is 5.91 Å². The Hall–Kier alpha value is -3.09. The average molecular weight is 351 g/mol. The molecule has 2 aromatic rings. The zero-order chi connectivity index (χ0) is 18.3. The summed E-state index contributed by atoms with van der Waals surface area (Å²) in [4.78, 5) is 16.9. The van der Waals surface area contributed by atoms with Gasteiger partial charge in [-0.05, 0) is 33.3 Å². The molecule has 1 aliphatic heterocycles. The van der Waals surface area contributed by atoms with Crippen LogP contribution in [0.3, 0.4) is 0 Å². The quantitative estimate of drug-likeness (QED) is 0.887. The number of anilines is 1. The van der Waals surface area contributed by atoms with Gasteiger partial charge in [0, 0.05) is 5.92 Å². The lowest BCUT2D eigenvalue weighted by Crippen LogP contribution is -2.35. The molecule has 0 aromatic carbocycles. The molecular formula is C19H21N5O2. The van der Waals surface area contributed by atoms with Gasteiger partial charge in [0.2, 0.25) is 0 Å². The first-order chi connectivity index (χ1) is 12.5.